The molecule has 18 heavy (non-hydrogen) atoms. The number of aromatic nitrogens is 1. The van der Waals surface area contributed by atoms with Crippen LogP contribution in [0.5, 0.6) is 0 Å². The number of methoxy groups -OCH3 is 2. The molecule has 1 aromatic heterocycles. The van der Waals surface area contributed by atoms with Gasteiger partial charge in [0.1, 0.15) is 5.82 Å². The number of nitrogens with zero attached hydrogens (tertiary/aromatic N) is 1. The lowest BCUT2D eigenvalue weighted by atomic mass is 10.1. The van der Waals surface area contributed by atoms with Crippen molar-refractivity contribution >= 4 is 11.8 Å². The van der Waals surface area contributed by atoms with Crippen LogP contribution in [-0.2, 0) is 9.47 Å². The first kappa shape index (κ1) is 14.4. The number of nitrogens with one attached hydrogen (secondary N) is 1. The molecule has 1 atom stereocenters. The summed E-state index contributed by atoms with van der Waals surface area (Å²) < 4.78 is 9.83. The third-order valence-corrected chi connectivity index (χ3v) is 2.67. The minimum Gasteiger partial charge on any atom is -0.465 e. The highest BCUT2D eigenvalue weighted by Gasteiger charge is 2.14. The first-order valence-electron chi connectivity index (χ1n) is 5.88. The van der Waals surface area contributed by atoms with Crippen LogP contribution in [0.15, 0.2) is 18.3 Å². The fourth-order valence-electron chi connectivity index (χ4n) is 1.52. The predicted molar refractivity (Wildman–Crippen MR) is 69.7 cm³/mol. The molecule has 0 fully saturated rings. The first-order chi connectivity index (χ1) is 8.58. The van der Waals surface area contributed by atoms with E-state index < -0.39 is 0 Å². The van der Waals surface area contributed by atoms with Gasteiger partial charge in [-0.15, -0.1) is 0 Å². The van der Waals surface area contributed by atoms with Crippen molar-refractivity contribution < 1.29 is 14.3 Å². The molecule has 0 aliphatic heterocycles. The third-order valence-electron chi connectivity index (χ3n) is 2.67. The highest BCUT2D eigenvalue weighted by molar-refractivity contribution is 5.89. The van der Waals surface area contributed by atoms with Crippen molar-refractivity contribution in [1.82, 2.24) is 4.98 Å². The van der Waals surface area contributed by atoms with Gasteiger partial charge in [-0.3, -0.25) is 0 Å². The molecule has 1 heterocycles. The third kappa shape index (κ3) is 4.00. The molecule has 1 N–H and O–H groups in total. The molecule has 1 rings (SSSR count). The lowest BCUT2D eigenvalue weighted by Crippen LogP contribution is -2.30. The number of pyridine rings is 1. The molecule has 0 bridgehead atoms. The highest BCUT2D eigenvalue weighted by Crippen LogP contribution is 2.13. The Labute approximate surface area is 108 Å². The van der Waals surface area contributed by atoms with E-state index in [1.807, 2.05) is 0 Å². The minimum atomic E-state index is -0.367. The second-order valence-corrected chi connectivity index (χ2v) is 4.37. The molecule has 1 aromatic rings. The van der Waals surface area contributed by atoms with E-state index in [0.29, 0.717) is 23.9 Å². The number of carbonyl (C=O) groups is 1. The van der Waals surface area contributed by atoms with E-state index >= 15 is 0 Å². The Bertz CT molecular complexity index is 394. The van der Waals surface area contributed by atoms with Gasteiger partial charge < -0.3 is 14.8 Å². The van der Waals surface area contributed by atoms with Gasteiger partial charge in [-0.1, -0.05) is 13.8 Å². The van der Waals surface area contributed by atoms with Gasteiger partial charge in [0, 0.05) is 13.3 Å². The zero-order chi connectivity index (χ0) is 13.5. The highest BCUT2D eigenvalue weighted by atomic mass is 16.5. The van der Waals surface area contributed by atoms with Gasteiger partial charge in [0.05, 0.1) is 25.3 Å². The van der Waals surface area contributed by atoms with Crippen LogP contribution >= 0.6 is 0 Å². The second-order valence-electron chi connectivity index (χ2n) is 4.37. The monoisotopic (exact) mass is 252 g/mol. The van der Waals surface area contributed by atoms with Crippen molar-refractivity contribution in [1.29, 1.82) is 0 Å². The van der Waals surface area contributed by atoms with Gasteiger partial charge in [-0.2, -0.15) is 0 Å². The van der Waals surface area contributed by atoms with E-state index in [0.717, 1.165) is 0 Å². The Morgan fingerprint density at radius 2 is 2.17 bits per heavy atom. The van der Waals surface area contributed by atoms with Crippen LogP contribution in [-0.4, -0.2) is 37.8 Å². The second kappa shape index (κ2) is 6.96. The molecule has 0 amide bonds. The van der Waals surface area contributed by atoms with Crippen molar-refractivity contribution in [2.24, 2.45) is 5.92 Å². The van der Waals surface area contributed by atoms with Crippen LogP contribution in [0.25, 0.3) is 0 Å². The Kier molecular flexibility index (Phi) is 5.58. The summed E-state index contributed by atoms with van der Waals surface area (Å²) in [4.78, 5) is 15.6. The van der Waals surface area contributed by atoms with Crippen LogP contribution in [0.4, 0.5) is 5.82 Å². The lowest BCUT2D eigenvalue weighted by molar-refractivity contribution is 0.0600. The number of anilines is 1. The van der Waals surface area contributed by atoms with Crippen molar-refractivity contribution in [3.05, 3.63) is 23.9 Å². The number of esters is 1. The molecule has 0 aliphatic carbocycles. The maximum Gasteiger partial charge on any atom is 0.338 e. The number of hydrogen-bond acceptors (Lipinski definition) is 5. The summed E-state index contributed by atoms with van der Waals surface area (Å²) in [5, 5.41) is 3.25. The minimum absolute atomic E-state index is 0.149. The summed E-state index contributed by atoms with van der Waals surface area (Å²) >= 11 is 0. The number of carbonyl (C=O) groups excluding carboxylic acids is 1. The predicted octanol–water partition coefficient (Wildman–Crippen LogP) is 1.95. The number of hydrogen-bond donors (Lipinski definition) is 1. The number of rotatable bonds is 6. The topological polar surface area (TPSA) is 60.5 Å². The van der Waals surface area contributed by atoms with E-state index in [-0.39, 0.29) is 12.0 Å². The van der Waals surface area contributed by atoms with Crippen molar-refractivity contribution in [2.75, 3.05) is 26.1 Å². The molecule has 100 valence electrons. The van der Waals surface area contributed by atoms with E-state index in [1.54, 1.807) is 25.4 Å². The standard InChI is InChI=1S/C13H20N2O3/c1-9(2)11(8-17-3)15-12-7-10(5-6-14-12)13(16)18-4/h5-7,9,11H,8H2,1-4H3,(H,14,15). The average Bonchev–Trinajstić information content (AvgIpc) is 2.37. The maximum atomic E-state index is 11.4. The summed E-state index contributed by atoms with van der Waals surface area (Å²) in [6, 6.07) is 3.45. The fourth-order valence-corrected chi connectivity index (χ4v) is 1.52. The van der Waals surface area contributed by atoms with Crippen molar-refractivity contribution in [3.63, 3.8) is 0 Å². The summed E-state index contributed by atoms with van der Waals surface area (Å²) in [6.07, 6.45) is 1.58. The molecule has 5 heteroatoms. The molecule has 0 aromatic carbocycles. The van der Waals surface area contributed by atoms with Crippen molar-refractivity contribution in [2.45, 2.75) is 19.9 Å². The summed E-state index contributed by atoms with van der Waals surface area (Å²) in [5.41, 5.74) is 0.481. The molecule has 0 saturated carbocycles. The molecule has 0 spiro atoms. The van der Waals surface area contributed by atoms with Gasteiger partial charge in [0.15, 0.2) is 0 Å². The summed E-state index contributed by atoms with van der Waals surface area (Å²) in [6.45, 7) is 4.78. The van der Waals surface area contributed by atoms with Gasteiger partial charge >= 0.3 is 5.97 Å². The lowest BCUT2D eigenvalue weighted by Gasteiger charge is -2.22. The van der Waals surface area contributed by atoms with Gasteiger partial charge in [-0.05, 0) is 18.1 Å². The molecular weight excluding hydrogens is 232 g/mol. The Balaban J connectivity index is 2.80. The molecule has 0 radical (unpaired) electrons. The van der Waals surface area contributed by atoms with Crippen LogP contribution in [0.1, 0.15) is 24.2 Å². The molecule has 0 saturated heterocycles. The Hall–Kier alpha value is -1.62. The SMILES string of the molecule is COCC(Nc1cc(C(=O)OC)ccn1)C(C)C. The van der Waals surface area contributed by atoms with Crippen LogP contribution in [0.2, 0.25) is 0 Å². The van der Waals surface area contributed by atoms with E-state index in [1.165, 1.54) is 7.11 Å². The average molecular weight is 252 g/mol. The normalized spacial score (nSPS) is 12.3. The van der Waals surface area contributed by atoms with Gasteiger partial charge in [0.25, 0.3) is 0 Å². The van der Waals surface area contributed by atoms with Crippen molar-refractivity contribution in [3.8, 4) is 0 Å². The van der Waals surface area contributed by atoms with E-state index in [4.69, 9.17) is 4.74 Å². The molecule has 1 unspecified atom stereocenters. The van der Waals surface area contributed by atoms with Gasteiger partial charge in [-0.25, -0.2) is 9.78 Å². The Morgan fingerprint density at radius 1 is 1.44 bits per heavy atom. The number of ether oxygens (including phenoxy) is 2. The van der Waals surface area contributed by atoms with Crippen LogP contribution in [0, 0.1) is 5.92 Å². The maximum absolute atomic E-state index is 11.4. The quantitative estimate of drug-likeness (QED) is 0.784. The summed E-state index contributed by atoms with van der Waals surface area (Å²) in [7, 11) is 3.02. The van der Waals surface area contributed by atoms with E-state index in [2.05, 4.69) is 28.9 Å². The molecule has 0 aliphatic rings. The zero-order valence-corrected chi connectivity index (χ0v) is 11.3. The fraction of sp³-hybridized carbons (Fsp3) is 0.538. The first-order valence-corrected chi connectivity index (χ1v) is 5.88. The smallest absolute Gasteiger partial charge is 0.338 e. The zero-order valence-electron chi connectivity index (χ0n) is 11.3. The Morgan fingerprint density at radius 3 is 2.72 bits per heavy atom. The van der Waals surface area contributed by atoms with Crippen LogP contribution in [0.3, 0.4) is 0 Å². The molecular formula is C13H20N2O3. The van der Waals surface area contributed by atoms with Gasteiger partial charge in [0.2, 0.25) is 0 Å². The largest absolute Gasteiger partial charge is 0.465 e. The van der Waals surface area contributed by atoms with Crippen LogP contribution < -0.4 is 5.32 Å². The summed E-state index contributed by atoms with van der Waals surface area (Å²) in [5.74, 6) is 0.676. The van der Waals surface area contributed by atoms with E-state index in [9.17, 15) is 4.79 Å². The molecule has 5 nitrogen and oxygen atoms in total.